The van der Waals surface area contributed by atoms with Crippen LogP contribution in [-0.4, -0.2) is 22.0 Å². The summed E-state index contributed by atoms with van der Waals surface area (Å²) < 4.78 is 12.9. The first kappa shape index (κ1) is 13.2. The maximum atomic E-state index is 12.9. The van der Waals surface area contributed by atoms with Gasteiger partial charge in [0.1, 0.15) is 5.82 Å². The van der Waals surface area contributed by atoms with Crippen molar-refractivity contribution < 1.29 is 4.39 Å². The third-order valence-electron chi connectivity index (χ3n) is 3.10. The van der Waals surface area contributed by atoms with Gasteiger partial charge in [0.15, 0.2) is 0 Å². The summed E-state index contributed by atoms with van der Waals surface area (Å²) in [5.74, 6) is 2.19. The zero-order valence-corrected chi connectivity index (χ0v) is 11.6. The minimum absolute atomic E-state index is 0.0124. The maximum Gasteiger partial charge on any atom is 0.123 e. The van der Waals surface area contributed by atoms with Crippen LogP contribution in [0.15, 0.2) is 24.3 Å². The lowest BCUT2D eigenvalue weighted by molar-refractivity contribution is 0.614. The van der Waals surface area contributed by atoms with E-state index in [4.69, 9.17) is 5.73 Å². The third-order valence-corrected chi connectivity index (χ3v) is 6.47. The van der Waals surface area contributed by atoms with Crippen LogP contribution < -0.4 is 5.73 Å². The molecule has 1 fully saturated rings. The highest BCUT2D eigenvalue weighted by atomic mass is 32.2. The molecule has 0 aliphatic carbocycles. The van der Waals surface area contributed by atoms with Gasteiger partial charge in [-0.05, 0) is 24.1 Å². The minimum atomic E-state index is -0.196. The van der Waals surface area contributed by atoms with E-state index in [0.29, 0.717) is 10.5 Å². The fourth-order valence-electron chi connectivity index (χ4n) is 2.15. The molecule has 1 nitrogen and oxygen atoms in total. The van der Waals surface area contributed by atoms with Crippen molar-refractivity contribution in [1.29, 1.82) is 0 Å². The maximum absolute atomic E-state index is 12.9. The Morgan fingerprint density at radius 2 is 1.94 bits per heavy atom. The molecule has 0 spiro atoms. The first-order valence-electron chi connectivity index (χ1n) is 5.96. The van der Waals surface area contributed by atoms with Gasteiger partial charge in [-0.2, -0.15) is 23.5 Å². The second-order valence-corrected chi connectivity index (χ2v) is 6.86. The van der Waals surface area contributed by atoms with Gasteiger partial charge >= 0.3 is 0 Å². The van der Waals surface area contributed by atoms with Gasteiger partial charge in [-0.15, -0.1) is 0 Å². The lowest BCUT2D eigenvalue weighted by Crippen LogP contribution is -2.35. The van der Waals surface area contributed by atoms with Crippen LogP contribution in [-0.2, 0) is 0 Å². The van der Waals surface area contributed by atoms with Crippen molar-refractivity contribution in [3.63, 3.8) is 0 Å². The van der Waals surface area contributed by atoms with Gasteiger partial charge < -0.3 is 5.73 Å². The van der Waals surface area contributed by atoms with E-state index in [1.54, 1.807) is 0 Å². The summed E-state index contributed by atoms with van der Waals surface area (Å²) in [5.41, 5.74) is 7.38. The molecule has 1 aromatic carbocycles. The van der Waals surface area contributed by atoms with Crippen LogP contribution in [0.5, 0.6) is 0 Å². The molecular weight excluding hydrogens is 253 g/mol. The molecule has 3 atom stereocenters. The molecule has 4 heteroatoms. The number of hydrogen-bond acceptors (Lipinski definition) is 3. The highest BCUT2D eigenvalue weighted by Gasteiger charge is 2.30. The van der Waals surface area contributed by atoms with Gasteiger partial charge in [0.05, 0.1) is 0 Å². The van der Waals surface area contributed by atoms with Crippen LogP contribution in [0.4, 0.5) is 4.39 Å². The largest absolute Gasteiger partial charge is 0.323 e. The molecule has 0 aromatic heterocycles. The molecule has 17 heavy (non-hydrogen) atoms. The van der Waals surface area contributed by atoms with Crippen LogP contribution in [0.25, 0.3) is 0 Å². The molecule has 0 bridgehead atoms. The Kier molecular flexibility index (Phi) is 4.77. The Morgan fingerprint density at radius 1 is 1.29 bits per heavy atom. The lowest BCUT2D eigenvalue weighted by atomic mass is 10.0. The molecule has 3 unspecified atom stereocenters. The molecule has 0 saturated carbocycles. The van der Waals surface area contributed by atoms with Gasteiger partial charge in [-0.3, -0.25) is 0 Å². The summed E-state index contributed by atoms with van der Waals surface area (Å²) in [4.78, 5) is 0. The molecule has 0 amide bonds. The van der Waals surface area contributed by atoms with E-state index in [0.717, 1.165) is 12.0 Å². The molecule has 1 saturated heterocycles. The van der Waals surface area contributed by atoms with E-state index in [1.165, 1.54) is 23.6 Å². The molecule has 2 rings (SSSR count). The van der Waals surface area contributed by atoms with Crippen molar-refractivity contribution in [2.24, 2.45) is 5.73 Å². The Hall–Kier alpha value is -0.190. The van der Waals surface area contributed by atoms with Crippen LogP contribution in [0.1, 0.15) is 24.9 Å². The zero-order valence-electron chi connectivity index (χ0n) is 9.93. The summed E-state index contributed by atoms with van der Waals surface area (Å²) in [6.07, 6.45) is 1.15. The molecule has 1 aromatic rings. The van der Waals surface area contributed by atoms with Crippen molar-refractivity contribution in [3.05, 3.63) is 35.6 Å². The molecular formula is C13H18FNS2. The molecule has 1 aliphatic heterocycles. The normalized spacial score (nSPS) is 26.8. The standard InChI is InChI=1S/C13H18FNS2/c1-2-11-13(17-8-7-16-11)12(15)9-3-5-10(14)6-4-9/h3-6,11-13H,2,7-8,15H2,1H3. The van der Waals surface area contributed by atoms with E-state index in [1.807, 2.05) is 35.7 Å². The number of rotatable bonds is 3. The average Bonchev–Trinajstić information content (AvgIpc) is 2.39. The second kappa shape index (κ2) is 6.12. The molecule has 0 radical (unpaired) electrons. The number of nitrogens with two attached hydrogens (primary N) is 1. The van der Waals surface area contributed by atoms with Crippen molar-refractivity contribution in [3.8, 4) is 0 Å². The monoisotopic (exact) mass is 271 g/mol. The molecule has 1 heterocycles. The smallest absolute Gasteiger partial charge is 0.123 e. The molecule has 2 N–H and O–H groups in total. The summed E-state index contributed by atoms with van der Waals surface area (Å²) in [5, 5.41) is 1.07. The number of benzene rings is 1. The van der Waals surface area contributed by atoms with Gasteiger partial charge in [0, 0.05) is 28.0 Å². The van der Waals surface area contributed by atoms with Crippen LogP contribution in [0.3, 0.4) is 0 Å². The number of hydrogen-bond donors (Lipinski definition) is 1. The summed E-state index contributed by atoms with van der Waals surface area (Å²) >= 11 is 3.99. The van der Waals surface area contributed by atoms with E-state index in [9.17, 15) is 4.39 Å². The Labute approximate surface area is 111 Å². The molecule has 94 valence electrons. The van der Waals surface area contributed by atoms with Crippen LogP contribution >= 0.6 is 23.5 Å². The Morgan fingerprint density at radius 3 is 2.59 bits per heavy atom. The number of halogens is 1. The lowest BCUT2D eigenvalue weighted by Gasteiger charge is -2.34. The zero-order chi connectivity index (χ0) is 12.3. The Bertz CT molecular complexity index is 355. The third kappa shape index (κ3) is 3.18. The topological polar surface area (TPSA) is 26.0 Å². The predicted octanol–water partition coefficient (Wildman–Crippen LogP) is 3.45. The SMILES string of the molecule is CCC1SCCSC1C(N)c1ccc(F)cc1. The van der Waals surface area contributed by atoms with E-state index in [2.05, 4.69) is 6.92 Å². The first-order chi connectivity index (χ1) is 8.22. The molecule has 1 aliphatic rings. The predicted molar refractivity (Wildman–Crippen MR) is 76.1 cm³/mol. The first-order valence-corrected chi connectivity index (χ1v) is 8.06. The fourth-order valence-corrected chi connectivity index (χ4v) is 5.33. The van der Waals surface area contributed by atoms with Crippen molar-refractivity contribution >= 4 is 23.5 Å². The second-order valence-electron chi connectivity index (χ2n) is 4.23. The van der Waals surface area contributed by atoms with Gasteiger partial charge in [0.25, 0.3) is 0 Å². The number of thioether (sulfide) groups is 2. The van der Waals surface area contributed by atoms with Gasteiger partial charge in [-0.25, -0.2) is 4.39 Å². The van der Waals surface area contributed by atoms with E-state index in [-0.39, 0.29) is 11.9 Å². The van der Waals surface area contributed by atoms with Crippen molar-refractivity contribution in [2.45, 2.75) is 29.9 Å². The summed E-state index contributed by atoms with van der Waals surface area (Å²) in [6, 6.07) is 6.63. The summed E-state index contributed by atoms with van der Waals surface area (Å²) in [6.45, 7) is 2.22. The van der Waals surface area contributed by atoms with Crippen molar-refractivity contribution in [1.82, 2.24) is 0 Å². The van der Waals surface area contributed by atoms with E-state index >= 15 is 0 Å². The minimum Gasteiger partial charge on any atom is -0.323 e. The fraction of sp³-hybridized carbons (Fsp3) is 0.538. The van der Waals surface area contributed by atoms with Gasteiger partial charge in [-0.1, -0.05) is 19.1 Å². The Balaban J connectivity index is 2.12. The summed E-state index contributed by atoms with van der Waals surface area (Å²) in [7, 11) is 0. The quantitative estimate of drug-likeness (QED) is 0.912. The highest BCUT2D eigenvalue weighted by Crippen LogP contribution is 2.39. The van der Waals surface area contributed by atoms with E-state index < -0.39 is 0 Å². The highest BCUT2D eigenvalue weighted by molar-refractivity contribution is 8.07. The van der Waals surface area contributed by atoms with Gasteiger partial charge in [0.2, 0.25) is 0 Å². The van der Waals surface area contributed by atoms with Crippen LogP contribution in [0.2, 0.25) is 0 Å². The average molecular weight is 271 g/mol. The van der Waals surface area contributed by atoms with Crippen LogP contribution in [0, 0.1) is 5.82 Å². The van der Waals surface area contributed by atoms with Crippen molar-refractivity contribution in [2.75, 3.05) is 11.5 Å².